The van der Waals surface area contributed by atoms with Crippen molar-refractivity contribution in [2.24, 2.45) is 0 Å². The van der Waals surface area contributed by atoms with Crippen LogP contribution in [0, 0.1) is 13.8 Å². The Morgan fingerprint density at radius 2 is 1.72 bits per heavy atom. The van der Waals surface area contributed by atoms with Gasteiger partial charge in [0, 0.05) is 6.07 Å². The summed E-state index contributed by atoms with van der Waals surface area (Å²) >= 11 is 0. The van der Waals surface area contributed by atoms with Gasteiger partial charge in [-0.1, -0.05) is 17.7 Å². The molecule has 0 saturated heterocycles. The van der Waals surface area contributed by atoms with E-state index in [9.17, 15) is 0 Å². The largest absolute Gasteiger partial charge is 0.497 e. The summed E-state index contributed by atoms with van der Waals surface area (Å²) in [5.41, 5.74) is 8.77. The van der Waals surface area contributed by atoms with E-state index in [2.05, 4.69) is 13.0 Å². The van der Waals surface area contributed by atoms with E-state index in [-0.39, 0.29) is 0 Å². The maximum absolute atomic E-state index is 5.89. The summed E-state index contributed by atoms with van der Waals surface area (Å²) in [6.45, 7) is 4.06. The van der Waals surface area contributed by atoms with Gasteiger partial charge in [0.1, 0.15) is 11.5 Å². The van der Waals surface area contributed by atoms with E-state index in [0.29, 0.717) is 11.4 Å². The number of hydrogen-bond donors (Lipinski definition) is 1. The highest BCUT2D eigenvalue weighted by Gasteiger charge is 2.06. The molecule has 0 aliphatic carbocycles. The number of anilines is 1. The number of rotatable bonds is 3. The van der Waals surface area contributed by atoms with Crippen LogP contribution in [0.15, 0.2) is 36.4 Å². The van der Waals surface area contributed by atoms with Gasteiger partial charge in [-0.2, -0.15) is 0 Å². The van der Waals surface area contributed by atoms with Crippen molar-refractivity contribution in [2.75, 3.05) is 12.8 Å². The van der Waals surface area contributed by atoms with Gasteiger partial charge in [0.2, 0.25) is 0 Å². The van der Waals surface area contributed by atoms with E-state index in [0.717, 1.165) is 17.1 Å². The summed E-state index contributed by atoms with van der Waals surface area (Å²) in [5.74, 6) is 2.14. The Kier molecular flexibility index (Phi) is 3.42. The second-order valence-electron chi connectivity index (χ2n) is 4.27. The molecule has 0 radical (unpaired) electrons. The third-order valence-corrected chi connectivity index (χ3v) is 2.77. The summed E-state index contributed by atoms with van der Waals surface area (Å²) < 4.78 is 11.0. The van der Waals surface area contributed by atoms with Crippen molar-refractivity contribution in [3.8, 4) is 17.2 Å². The standard InChI is InChI=1S/C15H17NO2/c1-10-4-7-14(11(2)8-10)18-15-9-12(17-3)5-6-13(15)16/h4-9H,16H2,1-3H3. The van der Waals surface area contributed by atoms with Gasteiger partial charge in [-0.15, -0.1) is 0 Å². The van der Waals surface area contributed by atoms with E-state index in [1.54, 1.807) is 19.2 Å². The highest BCUT2D eigenvalue weighted by molar-refractivity contribution is 5.57. The lowest BCUT2D eigenvalue weighted by Crippen LogP contribution is -1.94. The normalized spacial score (nSPS) is 10.2. The zero-order chi connectivity index (χ0) is 13.1. The van der Waals surface area contributed by atoms with Crippen LogP contribution in [0.3, 0.4) is 0 Å². The van der Waals surface area contributed by atoms with E-state index < -0.39 is 0 Å². The molecule has 0 heterocycles. The molecule has 0 spiro atoms. The Hall–Kier alpha value is -2.16. The summed E-state index contributed by atoms with van der Waals surface area (Å²) in [4.78, 5) is 0. The number of benzene rings is 2. The number of nitrogen functional groups attached to an aromatic ring is 1. The number of hydrogen-bond acceptors (Lipinski definition) is 3. The van der Waals surface area contributed by atoms with Crippen molar-refractivity contribution in [1.29, 1.82) is 0 Å². The highest BCUT2D eigenvalue weighted by atomic mass is 16.5. The maximum Gasteiger partial charge on any atom is 0.154 e. The minimum absolute atomic E-state index is 0.593. The molecule has 0 aliphatic rings. The van der Waals surface area contributed by atoms with Crippen LogP contribution in [-0.4, -0.2) is 7.11 Å². The van der Waals surface area contributed by atoms with Crippen LogP contribution in [0.1, 0.15) is 11.1 Å². The summed E-state index contributed by atoms with van der Waals surface area (Å²) in [7, 11) is 1.62. The fourth-order valence-electron chi connectivity index (χ4n) is 1.76. The first-order chi connectivity index (χ1) is 8.60. The minimum Gasteiger partial charge on any atom is -0.497 e. The van der Waals surface area contributed by atoms with Crippen molar-refractivity contribution < 1.29 is 9.47 Å². The fourth-order valence-corrected chi connectivity index (χ4v) is 1.76. The molecule has 2 aromatic rings. The Labute approximate surface area is 107 Å². The second-order valence-corrected chi connectivity index (χ2v) is 4.27. The van der Waals surface area contributed by atoms with Gasteiger partial charge in [0.25, 0.3) is 0 Å². The molecule has 0 aromatic heterocycles. The average Bonchev–Trinajstić information content (AvgIpc) is 2.35. The van der Waals surface area contributed by atoms with Gasteiger partial charge in [0.05, 0.1) is 12.8 Å². The van der Waals surface area contributed by atoms with Crippen LogP contribution >= 0.6 is 0 Å². The molecule has 3 heteroatoms. The smallest absolute Gasteiger partial charge is 0.154 e. The van der Waals surface area contributed by atoms with Crippen LogP contribution in [0.4, 0.5) is 5.69 Å². The molecule has 94 valence electrons. The predicted molar refractivity (Wildman–Crippen MR) is 73.4 cm³/mol. The molecule has 0 saturated carbocycles. The van der Waals surface area contributed by atoms with Crippen molar-refractivity contribution >= 4 is 5.69 Å². The second kappa shape index (κ2) is 5.00. The minimum atomic E-state index is 0.593. The summed E-state index contributed by atoms with van der Waals surface area (Å²) in [6.07, 6.45) is 0. The fraction of sp³-hybridized carbons (Fsp3) is 0.200. The molecular formula is C15H17NO2. The first-order valence-corrected chi connectivity index (χ1v) is 5.79. The Morgan fingerprint density at radius 1 is 0.944 bits per heavy atom. The molecular weight excluding hydrogens is 226 g/mol. The van der Waals surface area contributed by atoms with Gasteiger partial charge in [0.15, 0.2) is 5.75 Å². The zero-order valence-electron chi connectivity index (χ0n) is 10.9. The Balaban J connectivity index is 2.33. The lowest BCUT2D eigenvalue weighted by atomic mass is 10.1. The Bertz CT molecular complexity index is 564. The molecule has 18 heavy (non-hydrogen) atoms. The van der Waals surface area contributed by atoms with Crippen LogP contribution in [0.5, 0.6) is 17.2 Å². The van der Waals surface area contributed by atoms with Gasteiger partial charge in [-0.05, 0) is 37.6 Å². The van der Waals surface area contributed by atoms with Gasteiger partial charge < -0.3 is 15.2 Å². The molecule has 3 nitrogen and oxygen atoms in total. The average molecular weight is 243 g/mol. The van der Waals surface area contributed by atoms with Gasteiger partial charge in [-0.3, -0.25) is 0 Å². The van der Waals surface area contributed by atoms with E-state index in [1.807, 2.05) is 25.1 Å². The lowest BCUT2D eigenvalue weighted by Gasteiger charge is -2.12. The van der Waals surface area contributed by atoms with E-state index in [4.69, 9.17) is 15.2 Å². The van der Waals surface area contributed by atoms with Crippen LogP contribution < -0.4 is 15.2 Å². The molecule has 2 aromatic carbocycles. The van der Waals surface area contributed by atoms with Gasteiger partial charge in [-0.25, -0.2) is 0 Å². The molecule has 0 amide bonds. The lowest BCUT2D eigenvalue weighted by molar-refractivity contribution is 0.409. The molecule has 0 unspecified atom stereocenters. The molecule has 0 fully saturated rings. The summed E-state index contributed by atoms with van der Waals surface area (Å²) in [5, 5.41) is 0. The monoisotopic (exact) mass is 243 g/mol. The van der Waals surface area contributed by atoms with Gasteiger partial charge >= 0.3 is 0 Å². The summed E-state index contributed by atoms with van der Waals surface area (Å²) in [6, 6.07) is 11.4. The molecule has 0 aliphatic heterocycles. The van der Waals surface area contributed by atoms with E-state index in [1.165, 1.54) is 5.56 Å². The van der Waals surface area contributed by atoms with Crippen LogP contribution in [0.25, 0.3) is 0 Å². The highest BCUT2D eigenvalue weighted by Crippen LogP contribution is 2.32. The molecule has 0 atom stereocenters. The number of nitrogens with two attached hydrogens (primary N) is 1. The zero-order valence-corrected chi connectivity index (χ0v) is 10.9. The number of methoxy groups -OCH3 is 1. The van der Waals surface area contributed by atoms with Crippen molar-refractivity contribution in [1.82, 2.24) is 0 Å². The van der Waals surface area contributed by atoms with Crippen molar-refractivity contribution in [3.05, 3.63) is 47.5 Å². The van der Waals surface area contributed by atoms with Crippen molar-refractivity contribution in [3.63, 3.8) is 0 Å². The third-order valence-electron chi connectivity index (χ3n) is 2.77. The maximum atomic E-state index is 5.89. The van der Waals surface area contributed by atoms with E-state index >= 15 is 0 Å². The topological polar surface area (TPSA) is 44.5 Å². The number of aryl methyl sites for hydroxylation is 2. The number of ether oxygens (including phenoxy) is 2. The van der Waals surface area contributed by atoms with Crippen LogP contribution in [-0.2, 0) is 0 Å². The quantitative estimate of drug-likeness (QED) is 0.836. The van der Waals surface area contributed by atoms with Crippen molar-refractivity contribution in [2.45, 2.75) is 13.8 Å². The Morgan fingerprint density at radius 3 is 2.39 bits per heavy atom. The third kappa shape index (κ3) is 2.56. The molecule has 2 rings (SSSR count). The predicted octanol–water partition coefficient (Wildman–Crippen LogP) is 3.69. The van der Waals surface area contributed by atoms with Crippen LogP contribution in [0.2, 0.25) is 0 Å². The molecule has 0 bridgehead atoms. The first kappa shape index (κ1) is 12.3. The SMILES string of the molecule is COc1ccc(N)c(Oc2ccc(C)cc2C)c1. The molecule has 2 N–H and O–H groups in total. The first-order valence-electron chi connectivity index (χ1n) is 5.79.